The number of nitrogens with two attached hydrogens (primary N) is 1. The van der Waals surface area contributed by atoms with Crippen molar-refractivity contribution in [1.82, 2.24) is 0 Å². The number of alkyl halides is 3. The van der Waals surface area contributed by atoms with Crippen LogP contribution < -0.4 is 5.73 Å². The standard InChI is InChI=1S/C5H10F3NO/c1-10-3-2-4(9)5(6,7)8/h4H,2-3,9H2,1H3. The summed E-state index contributed by atoms with van der Waals surface area (Å²) in [5.41, 5.74) is 4.73. The van der Waals surface area contributed by atoms with Crippen molar-refractivity contribution in [3.8, 4) is 0 Å². The van der Waals surface area contributed by atoms with Gasteiger partial charge in [0, 0.05) is 13.7 Å². The summed E-state index contributed by atoms with van der Waals surface area (Å²) in [6.45, 7) is 0.0423. The highest BCUT2D eigenvalue weighted by Crippen LogP contribution is 2.20. The van der Waals surface area contributed by atoms with Crippen LogP contribution in [0.5, 0.6) is 0 Å². The number of hydrogen-bond acceptors (Lipinski definition) is 2. The summed E-state index contributed by atoms with van der Waals surface area (Å²) in [6.07, 6.45) is -4.47. The predicted molar refractivity (Wildman–Crippen MR) is 30.5 cm³/mol. The number of ether oxygens (including phenoxy) is 1. The van der Waals surface area contributed by atoms with Crippen molar-refractivity contribution >= 4 is 0 Å². The second kappa shape index (κ2) is 3.78. The van der Waals surface area contributed by atoms with Crippen molar-refractivity contribution in [2.45, 2.75) is 18.6 Å². The molecule has 0 aromatic carbocycles. The van der Waals surface area contributed by atoms with E-state index in [0.717, 1.165) is 0 Å². The third kappa shape index (κ3) is 3.68. The van der Waals surface area contributed by atoms with E-state index in [9.17, 15) is 13.2 Å². The summed E-state index contributed by atoms with van der Waals surface area (Å²) in [5, 5.41) is 0. The summed E-state index contributed by atoms with van der Waals surface area (Å²) in [6, 6.07) is -1.76. The van der Waals surface area contributed by atoms with Gasteiger partial charge in [0.2, 0.25) is 0 Å². The fraction of sp³-hybridized carbons (Fsp3) is 1.00. The third-order valence-electron chi connectivity index (χ3n) is 1.05. The first-order valence-corrected chi connectivity index (χ1v) is 2.79. The molecule has 0 aliphatic carbocycles. The molecule has 0 radical (unpaired) electrons. The first-order chi connectivity index (χ1) is 4.48. The molecule has 0 rings (SSSR count). The highest BCUT2D eigenvalue weighted by Gasteiger charge is 2.35. The molecule has 1 unspecified atom stereocenters. The minimum atomic E-state index is -4.29. The number of hydrogen-bond donors (Lipinski definition) is 1. The normalized spacial score (nSPS) is 15.3. The van der Waals surface area contributed by atoms with E-state index in [-0.39, 0.29) is 13.0 Å². The molecule has 0 aromatic rings. The van der Waals surface area contributed by atoms with Gasteiger partial charge in [-0.3, -0.25) is 0 Å². The number of methoxy groups -OCH3 is 1. The quantitative estimate of drug-likeness (QED) is 0.660. The van der Waals surface area contributed by atoms with Crippen molar-refractivity contribution in [2.24, 2.45) is 5.73 Å². The molecule has 0 saturated carbocycles. The van der Waals surface area contributed by atoms with Crippen LogP contribution in [0.2, 0.25) is 0 Å². The van der Waals surface area contributed by atoms with E-state index >= 15 is 0 Å². The van der Waals surface area contributed by atoms with E-state index < -0.39 is 12.2 Å². The fourth-order valence-corrected chi connectivity index (χ4v) is 0.408. The number of rotatable bonds is 3. The average Bonchev–Trinajstić information content (AvgIpc) is 1.80. The molecular formula is C5H10F3NO. The Morgan fingerprint density at radius 1 is 1.50 bits per heavy atom. The third-order valence-corrected chi connectivity index (χ3v) is 1.05. The Bertz CT molecular complexity index is 93.4. The molecule has 0 spiro atoms. The van der Waals surface area contributed by atoms with Gasteiger partial charge in [0.05, 0.1) is 0 Å². The zero-order valence-electron chi connectivity index (χ0n) is 5.61. The summed E-state index contributed by atoms with van der Waals surface area (Å²) >= 11 is 0. The van der Waals surface area contributed by atoms with E-state index in [0.29, 0.717) is 0 Å². The molecule has 1 atom stereocenters. The van der Waals surface area contributed by atoms with Crippen LogP contribution in [0.1, 0.15) is 6.42 Å². The minimum Gasteiger partial charge on any atom is -0.385 e. The molecule has 62 valence electrons. The van der Waals surface area contributed by atoms with E-state index in [4.69, 9.17) is 5.73 Å². The van der Waals surface area contributed by atoms with Gasteiger partial charge >= 0.3 is 6.18 Å². The average molecular weight is 157 g/mol. The van der Waals surface area contributed by atoms with Gasteiger partial charge in [-0.05, 0) is 6.42 Å². The Morgan fingerprint density at radius 3 is 2.30 bits per heavy atom. The molecule has 0 bridgehead atoms. The minimum absolute atomic E-state index is 0.0423. The number of halogens is 3. The molecule has 0 aliphatic rings. The Morgan fingerprint density at radius 2 is 2.00 bits per heavy atom. The highest BCUT2D eigenvalue weighted by molar-refractivity contribution is 4.69. The largest absolute Gasteiger partial charge is 0.403 e. The molecule has 5 heteroatoms. The lowest BCUT2D eigenvalue weighted by atomic mass is 10.2. The Balaban J connectivity index is 3.52. The van der Waals surface area contributed by atoms with Crippen LogP contribution in [-0.2, 0) is 4.74 Å². The van der Waals surface area contributed by atoms with Crippen LogP contribution in [0.25, 0.3) is 0 Å². The molecule has 2 nitrogen and oxygen atoms in total. The molecular weight excluding hydrogens is 147 g/mol. The molecule has 0 fully saturated rings. The van der Waals surface area contributed by atoms with Gasteiger partial charge in [0.15, 0.2) is 0 Å². The summed E-state index contributed by atoms with van der Waals surface area (Å²) in [7, 11) is 1.34. The zero-order chi connectivity index (χ0) is 8.20. The van der Waals surface area contributed by atoms with Crippen molar-refractivity contribution in [3.05, 3.63) is 0 Å². The molecule has 10 heavy (non-hydrogen) atoms. The maximum atomic E-state index is 11.6. The van der Waals surface area contributed by atoms with Crippen LogP contribution in [0.4, 0.5) is 13.2 Å². The lowest BCUT2D eigenvalue weighted by Gasteiger charge is -2.14. The Labute approximate surface area is 57.1 Å². The van der Waals surface area contributed by atoms with Gasteiger partial charge < -0.3 is 10.5 Å². The van der Waals surface area contributed by atoms with Crippen LogP contribution in [0.15, 0.2) is 0 Å². The van der Waals surface area contributed by atoms with Crippen molar-refractivity contribution in [1.29, 1.82) is 0 Å². The van der Waals surface area contributed by atoms with Gasteiger partial charge in [-0.2, -0.15) is 13.2 Å². The van der Waals surface area contributed by atoms with Crippen LogP contribution in [-0.4, -0.2) is 25.9 Å². The van der Waals surface area contributed by atoms with Gasteiger partial charge in [-0.25, -0.2) is 0 Å². The molecule has 2 N–H and O–H groups in total. The molecule has 0 aliphatic heterocycles. The second-order valence-electron chi connectivity index (χ2n) is 1.93. The molecule has 0 amide bonds. The fourth-order valence-electron chi connectivity index (χ4n) is 0.408. The smallest absolute Gasteiger partial charge is 0.385 e. The van der Waals surface area contributed by atoms with Crippen molar-refractivity contribution < 1.29 is 17.9 Å². The maximum absolute atomic E-state index is 11.6. The van der Waals surface area contributed by atoms with Crippen LogP contribution in [0.3, 0.4) is 0 Å². The predicted octanol–water partition coefficient (Wildman–Crippen LogP) is 0.912. The van der Waals surface area contributed by atoms with Gasteiger partial charge in [0.25, 0.3) is 0 Å². The summed E-state index contributed by atoms with van der Waals surface area (Å²) in [5.74, 6) is 0. The van der Waals surface area contributed by atoms with Crippen molar-refractivity contribution in [3.63, 3.8) is 0 Å². The highest BCUT2D eigenvalue weighted by atomic mass is 19.4. The van der Waals surface area contributed by atoms with Crippen LogP contribution in [0, 0.1) is 0 Å². The summed E-state index contributed by atoms with van der Waals surface area (Å²) < 4.78 is 39.2. The molecule has 0 saturated heterocycles. The van der Waals surface area contributed by atoms with Gasteiger partial charge in [-0.15, -0.1) is 0 Å². The summed E-state index contributed by atoms with van der Waals surface area (Å²) in [4.78, 5) is 0. The van der Waals surface area contributed by atoms with Gasteiger partial charge in [-0.1, -0.05) is 0 Å². The van der Waals surface area contributed by atoms with E-state index in [2.05, 4.69) is 4.74 Å². The molecule has 0 aromatic heterocycles. The Hall–Kier alpha value is -0.290. The van der Waals surface area contributed by atoms with E-state index in [1.54, 1.807) is 0 Å². The first kappa shape index (κ1) is 9.71. The Kier molecular flexibility index (Phi) is 3.67. The monoisotopic (exact) mass is 157 g/mol. The van der Waals surface area contributed by atoms with E-state index in [1.807, 2.05) is 0 Å². The topological polar surface area (TPSA) is 35.2 Å². The SMILES string of the molecule is COCCC(N)C(F)(F)F. The van der Waals surface area contributed by atoms with Crippen molar-refractivity contribution in [2.75, 3.05) is 13.7 Å². The van der Waals surface area contributed by atoms with Gasteiger partial charge in [0.1, 0.15) is 6.04 Å². The second-order valence-corrected chi connectivity index (χ2v) is 1.93. The van der Waals surface area contributed by atoms with E-state index in [1.165, 1.54) is 7.11 Å². The molecule has 0 heterocycles. The van der Waals surface area contributed by atoms with Crippen LogP contribution >= 0.6 is 0 Å². The first-order valence-electron chi connectivity index (χ1n) is 2.79. The lowest BCUT2D eigenvalue weighted by Crippen LogP contribution is -2.38. The zero-order valence-corrected chi connectivity index (χ0v) is 5.61. The lowest BCUT2D eigenvalue weighted by molar-refractivity contribution is -0.150. The maximum Gasteiger partial charge on any atom is 0.403 e.